The molecule has 2 saturated heterocycles. The second-order valence-electron chi connectivity index (χ2n) is 8.11. The molecule has 1 atom stereocenters. The van der Waals surface area contributed by atoms with Gasteiger partial charge in [-0.15, -0.1) is 6.58 Å². The van der Waals surface area contributed by atoms with Crippen LogP contribution in [0.1, 0.15) is 30.7 Å². The summed E-state index contributed by atoms with van der Waals surface area (Å²) in [5, 5.41) is 0. The molecule has 1 spiro atoms. The van der Waals surface area contributed by atoms with Crippen LogP contribution in [0.2, 0.25) is 0 Å². The van der Waals surface area contributed by atoms with Gasteiger partial charge in [0.25, 0.3) is 5.56 Å². The minimum atomic E-state index is -0.299. The SMILES string of the molecule is C=CCN1C(=O)C[C@@H](c2ccccc2)C12CCN(C(=O)Cn1ccccc1=O)CC2. The van der Waals surface area contributed by atoms with Crippen LogP contribution in [-0.4, -0.2) is 51.4 Å². The van der Waals surface area contributed by atoms with E-state index in [2.05, 4.69) is 18.7 Å². The number of aromatic nitrogens is 1. The lowest BCUT2D eigenvalue weighted by Gasteiger charge is -2.48. The summed E-state index contributed by atoms with van der Waals surface area (Å²) in [6, 6.07) is 15.1. The maximum absolute atomic E-state index is 12.9. The number of pyridine rings is 1. The largest absolute Gasteiger partial charge is 0.341 e. The lowest BCUT2D eigenvalue weighted by molar-refractivity contribution is -0.136. The van der Waals surface area contributed by atoms with Crippen LogP contribution in [0.15, 0.2) is 72.2 Å². The number of likely N-dealkylation sites (tertiary alicyclic amines) is 2. The van der Waals surface area contributed by atoms with E-state index >= 15 is 0 Å². The van der Waals surface area contributed by atoms with Gasteiger partial charge in [0, 0.05) is 44.2 Å². The molecule has 4 rings (SSSR count). The zero-order chi connectivity index (χ0) is 21.1. The maximum atomic E-state index is 12.9. The molecule has 0 N–H and O–H groups in total. The molecule has 1 aromatic carbocycles. The minimum Gasteiger partial charge on any atom is -0.341 e. The van der Waals surface area contributed by atoms with Crippen molar-refractivity contribution < 1.29 is 9.59 Å². The van der Waals surface area contributed by atoms with Gasteiger partial charge in [0.05, 0.1) is 5.54 Å². The van der Waals surface area contributed by atoms with Gasteiger partial charge in [0.1, 0.15) is 6.54 Å². The summed E-state index contributed by atoms with van der Waals surface area (Å²) in [5.74, 6) is 0.202. The molecule has 156 valence electrons. The lowest BCUT2D eigenvalue weighted by Crippen LogP contribution is -2.56. The molecule has 3 heterocycles. The Morgan fingerprint density at radius 3 is 2.43 bits per heavy atom. The fourth-order valence-corrected chi connectivity index (χ4v) is 5.04. The summed E-state index contributed by atoms with van der Waals surface area (Å²) in [7, 11) is 0. The molecular formula is C24H27N3O3. The van der Waals surface area contributed by atoms with Gasteiger partial charge in [0.2, 0.25) is 11.8 Å². The van der Waals surface area contributed by atoms with Gasteiger partial charge >= 0.3 is 0 Å². The van der Waals surface area contributed by atoms with Gasteiger partial charge in [-0.1, -0.05) is 42.5 Å². The van der Waals surface area contributed by atoms with Gasteiger partial charge in [-0.05, 0) is 24.5 Å². The van der Waals surface area contributed by atoms with Crippen molar-refractivity contribution in [1.29, 1.82) is 0 Å². The molecule has 2 fully saturated rings. The molecule has 2 aliphatic heterocycles. The average molecular weight is 405 g/mol. The van der Waals surface area contributed by atoms with Crippen molar-refractivity contribution in [2.75, 3.05) is 19.6 Å². The number of carbonyl (C=O) groups is 2. The zero-order valence-corrected chi connectivity index (χ0v) is 17.1. The van der Waals surface area contributed by atoms with Gasteiger partial charge in [-0.2, -0.15) is 0 Å². The van der Waals surface area contributed by atoms with Crippen LogP contribution in [0.5, 0.6) is 0 Å². The quantitative estimate of drug-likeness (QED) is 0.718. The number of hydrogen-bond acceptors (Lipinski definition) is 3. The third-order valence-corrected chi connectivity index (χ3v) is 6.57. The molecule has 0 bridgehead atoms. The Bertz CT molecular complexity index is 990. The van der Waals surface area contributed by atoms with Crippen molar-refractivity contribution in [2.45, 2.75) is 37.3 Å². The number of hydrogen-bond donors (Lipinski definition) is 0. The zero-order valence-electron chi connectivity index (χ0n) is 17.1. The van der Waals surface area contributed by atoms with Crippen LogP contribution in [0.4, 0.5) is 0 Å². The highest BCUT2D eigenvalue weighted by Gasteiger charge is 2.53. The van der Waals surface area contributed by atoms with Crippen molar-refractivity contribution in [3.63, 3.8) is 0 Å². The molecule has 30 heavy (non-hydrogen) atoms. The maximum Gasteiger partial charge on any atom is 0.250 e. The molecular weight excluding hydrogens is 378 g/mol. The van der Waals surface area contributed by atoms with E-state index in [1.54, 1.807) is 24.4 Å². The number of benzene rings is 1. The number of amides is 2. The average Bonchev–Trinajstić information content (AvgIpc) is 3.03. The van der Waals surface area contributed by atoms with Crippen molar-refractivity contribution in [3.05, 3.63) is 83.3 Å². The monoisotopic (exact) mass is 405 g/mol. The Balaban J connectivity index is 1.54. The number of rotatable bonds is 5. The predicted molar refractivity (Wildman–Crippen MR) is 115 cm³/mol. The fourth-order valence-electron chi connectivity index (χ4n) is 5.04. The van der Waals surface area contributed by atoms with Crippen molar-refractivity contribution in [3.8, 4) is 0 Å². The van der Waals surface area contributed by atoms with Crippen LogP contribution >= 0.6 is 0 Å². The molecule has 0 radical (unpaired) electrons. The predicted octanol–water partition coefficient (Wildman–Crippen LogP) is 2.41. The standard InChI is InChI=1S/C24H27N3O3/c1-2-13-27-22(29)17-20(19-8-4-3-5-9-19)24(27)11-15-25(16-12-24)23(30)18-26-14-7-6-10-21(26)28/h2-10,14,20H,1,11-13,15-18H2/t20-/m0/s1. The van der Waals surface area contributed by atoms with Gasteiger partial charge < -0.3 is 14.4 Å². The summed E-state index contributed by atoms with van der Waals surface area (Å²) in [5.41, 5.74) is 0.697. The van der Waals surface area contributed by atoms with Crippen LogP contribution < -0.4 is 5.56 Å². The van der Waals surface area contributed by atoms with Crippen LogP contribution in [0.3, 0.4) is 0 Å². The van der Waals surface area contributed by atoms with E-state index in [0.717, 1.165) is 12.8 Å². The van der Waals surface area contributed by atoms with E-state index in [9.17, 15) is 14.4 Å². The Labute approximate surface area is 176 Å². The van der Waals surface area contributed by atoms with Crippen molar-refractivity contribution in [2.24, 2.45) is 0 Å². The van der Waals surface area contributed by atoms with Crippen LogP contribution in [-0.2, 0) is 16.1 Å². The smallest absolute Gasteiger partial charge is 0.250 e. The molecule has 2 aliphatic rings. The first kappa shape index (κ1) is 20.1. The van der Waals surface area contributed by atoms with E-state index in [1.165, 1.54) is 16.2 Å². The summed E-state index contributed by atoms with van der Waals surface area (Å²) in [4.78, 5) is 41.4. The van der Waals surface area contributed by atoms with E-state index in [-0.39, 0.29) is 35.4 Å². The first-order valence-electron chi connectivity index (χ1n) is 10.4. The first-order valence-corrected chi connectivity index (χ1v) is 10.4. The van der Waals surface area contributed by atoms with E-state index in [4.69, 9.17) is 0 Å². The first-order chi connectivity index (χ1) is 14.5. The van der Waals surface area contributed by atoms with E-state index in [0.29, 0.717) is 26.1 Å². The molecule has 0 unspecified atom stereocenters. The van der Waals surface area contributed by atoms with Crippen molar-refractivity contribution in [1.82, 2.24) is 14.4 Å². The second-order valence-corrected chi connectivity index (χ2v) is 8.11. The highest BCUT2D eigenvalue weighted by atomic mass is 16.2. The molecule has 2 amide bonds. The molecule has 1 aromatic heterocycles. The molecule has 0 saturated carbocycles. The van der Waals surface area contributed by atoms with E-state index < -0.39 is 0 Å². The topological polar surface area (TPSA) is 62.6 Å². The van der Waals surface area contributed by atoms with Crippen LogP contribution in [0, 0.1) is 0 Å². The molecule has 0 aliphatic carbocycles. The third kappa shape index (κ3) is 3.58. The summed E-state index contributed by atoms with van der Waals surface area (Å²) in [6.45, 7) is 5.56. The lowest BCUT2D eigenvalue weighted by atomic mass is 9.73. The summed E-state index contributed by atoms with van der Waals surface area (Å²) < 4.78 is 1.43. The Hall–Kier alpha value is -3.15. The molecule has 6 heteroatoms. The van der Waals surface area contributed by atoms with Gasteiger partial charge in [-0.25, -0.2) is 0 Å². The second kappa shape index (κ2) is 8.30. The highest BCUT2D eigenvalue weighted by molar-refractivity contribution is 5.82. The van der Waals surface area contributed by atoms with Crippen LogP contribution in [0.25, 0.3) is 0 Å². The van der Waals surface area contributed by atoms with E-state index in [1.807, 2.05) is 28.0 Å². The Morgan fingerprint density at radius 1 is 1.07 bits per heavy atom. The number of nitrogens with zero attached hydrogens (tertiary/aromatic N) is 3. The number of piperidine rings is 1. The summed E-state index contributed by atoms with van der Waals surface area (Å²) >= 11 is 0. The third-order valence-electron chi connectivity index (χ3n) is 6.57. The Morgan fingerprint density at radius 2 is 1.77 bits per heavy atom. The number of carbonyl (C=O) groups excluding carboxylic acids is 2. The summed E-state index contributed by atoms with van der Waals surface area (Å²) in [6.07, 6.45) is 5.36. The molecule has 6 nitrogen and oxygen atoms in total. The highest BCUT2D eigenvalue weighted by Crippen LogP contribution is 2.48. The fraction of sp³-hybridized carbons (Fsp3) is 0.375. The minimum absolute atomic E-state index is 0.0457. The normalized spacial score (nSPS) is 20.5. The van der Waals surface area contributed by atoms with Gasteiger partial charge in [0.15, 0.2) is 0 Å². The molecule has 2 aromatic rings. The van der Waals surface area contributed by atoms with Gasteiger partial charge in [-0.3, -0.25) is 14.4 Å². The Kier molecular flexibility index (Phi) is 5.57. The van der Waals surface area contributed by atoms with Crippen molar-refractivity contribution >= 4 is 11.8 Å².